The molecule has 3 aromatic rings. The Balaban J connectivity index is 1.56. The fourth-order valence-corrected chi connectivity index (χ4v) is 4.16. The van der Waals surface area contributed by atoms with Gasteiger partial charge in [-0.25, -0.2) is 9.37 Å². The summed E-state index contributed by atoms with van der Waals surface area (Å²) in [6.07, 6.45) is 0.683. The number of ether oxygens (including phenoxy) is 1. The van der Waals surface area contributed by atoms with Gasteiger partial charge in [-0.15, -0.1) is 11.3 Å². The van der Waals surface area contributed by atoms with Crippen molar-refractivity contribution in [2.75, 3.05) is 13.7 Å². The molecule has 0 fully saturated rings. The van der Waals surface area contributed by atoms with Crippen LogP contribution >= 0.6 is 11.3 Å². The molecule has 4 nitrogen and oxygen atoms in total. The van der Waals surface area contributed by atoms with Crippen LogP contribution in [-0.4, -0.2) is 29.4 Å². The van der Waals surface area contributed by atoms with Crippen LogP contribution < -0.4 is 4.74 Å². The number of fused-ring (bicyclic) bond motifs is 1. The highest BCUT2D eigenvalue weighted by Gasteiger charge is 2.26. The van der Waals surface area contributed by atoms with Crippen molar-refractivity contribution in [2.45, 2.75) is 13.0 Å². The number of carbonyl (C=O) groups is 1. The first-order valence-corrected chi connectivity index (χ1v) is 9.14. The van der Waals surface area contributed by atoms with Crippen LogP contribution in [0.2, 0.25) is 0 Å². The van der Waals surface area contributed by atoms with Gasteiger partial charge in [0.2, 0.25) is 0 Å². The molecule has 4 rings (SSSR count). The van der Waals surface area contributed by atoms with E-state index < -0.39 is 5.82 Å². The first kappa shape index (κ1) is 16.7. The van der Waals surface area contributed by atoms with Crippen molar-refractivity contribution in [1.82, 2.24) is 9.88 Å². The van der Waals surface area contributed by atoms with Crippen LogP contribution in [0, 0.1) is 5.82 Å². The molecule has 0 radical (unpaired) electrons. The third-order valence-electron chi connectivity index (χ3n) is 4.46. The van der Waals surface area contributed by atoms with Crippen molar-refractivity contribution in [3.05, 3.63) is 70.5 Å². The number of carbonyl (C=O) groups excluding carboxylic acids is 1. The van der Waals surface area contributed by atoms with E-state index in [0.717, 1.165) is 26.9 Å². The van der Waals surface area contributed by atoms with Gasteiger partial charge in [0, 0.05) is 23.4 Å². The zero-order chi connectivity index (χ0) is 18.1. The van der Waals surface area contributed by atoms with E-state index in [4.69, 9.17) is 9.72 Å². The van der Waals surface area contributed by atoms with E-state index in [1.54, 1.807) is 35.5 Å². The van der Waals surface area contributed by atoms with E-state index in [9.17, 15) is 9.18 Å². The van der Waals surface area contributed by atoms with Gasteiger partial charge in [-0.05, 0) is 36.4 Å². The van der Waals surface area contributed by atoms with Gasteiger partial charge in [-0.2, -0.15) is 0 Å². The number of methoxy groups -OCH3 is 1. The lowest BCUT2D eigenvalue weighted by Gasteiger charge is -2.26. The molecule has 0 saturated carbocycles. The fourth-order valence-electron chi connectivity index (χ4n) is 3.03. The van der Waals surface area contributed by atoms with Crippen LogP contribution in [0.4, 0.5) is 4.39 Å². The molecular weight excluding hydrogens is 351 g/mol. The maximum absolute atomic E-state index is 13.9. The molecule has 0 spiro atoms. The van der Waals surface area contributed by atoms with Gasteiger partial charge in [0.1, 0.15) is 16.6 Å². The number of rotatable bonds is 3. The van der Waals surface area contributed by atoms with Crippen molar-refractivity contribution in [2.24, 2.45) is 0 Å². The molecule has 132 valence electrons. The van der Waals surface area contributed by atoms with Gasteiger partial charge >= 0.3 is 0 Å². The van der Waals surface area contributed by atoms with E-state index in [1.807, 2.05) is 24.3 Å². The average Bonchev–Trinajstić information content (AvgIpc) is 3.11. The first-order chi connectivity index (χ1) is 12.7. The van der Waals surface area contributed by atoms with Gasteiger partial charge in [0.25, 0.3) is 5.91 Å². The monoisotopic (exact) mass is 368 g/mol. The standard InChI is InChI=1S/C20H17FN2O2S/c1-25-14-8-6-13(7-9-14)19-22-17-10-11-23(12-18(17)26-19)20(24)15-4-2-3-5-16(15)21/h2-9H,10-12H2,1H3. The summed E-state index contributed by atoms with van der Waals surface area (Å²) in [6, 6.07) is 13.9. The predicted octanol–water partition coefficient (Wildman–Crippen LogP) is 4.16. The Morgan fingerprint density at radius 2 is 1.96 bits per heavy atom. The lowest BCUT2D eigenvalue weighted by atomic mass is 10.1. The number of benzene rings is 2. The Hall–Kier alpha value is -2.73. The molecule has 1 aliphatic rings. The number of aromatic nitrogens is 1. The van der Waals surface area contributed by atoms with Gasteiger partial charge < -0.3 is 9.64 Å². The third-order valence-corrected chi connectivity index (χ3v) is 5.59. The fraction of sp³-hybridized carbons (Fsp3) is 0.200. The van der Waals surface area contributed by atoms with E-state index in [1.165, 1.54) is 12.1 Å². The number of halogens is 1. The molecule has 2 heterocycles. The van der Waals surface area contributed by atoms with Crippen molar-refractivity contribution >= 4 is 17.2 Å². The number of hydrogen-bond acceptors (Lipinski definition) is 4. The maximum atomic E-state index is 13.9. The van der Waals surface area contributed by atoms with Crippen LogP contribution in [0.5, 0.6) is 5.75 Å². The number of amides is 1. The molecule has 0 unspecified atom stereocenters. The molecule has 0 atom stereocenters. The van der Waals surface area contributed by atoms with E-state index >= 15 is 0 Å². The van der Waals surface area contributed by atoms with E-state index in [2.05, 4.69) is 0 Å². The summed E-state index contributed by atoms with van der Waals surface area (Å²) in [6.45, 7) is 1.02. The first-order valence-electron chi connectivity index (χ1n) is 8.32. The summed E-state index contributed by atoms with van der Waals surface area (Å²) in [5, 5.41) is 0.929. The summed E-state index contributed by atoms with van der Waals surface area (Å²) >= 11 is 1.58. The largest absolute Gasteiger partial charge is 0.497 e. The normalized spacial score (nSPS) is 13.4. The zero-order valence-electron chi connectivity index (χ0n) is 14.2. The van der Waals surface area contributed by atoms with Crippen LogP contribution in [0.15, 0.2) is 48.5 Å². The Morgan fingerprint density at radius 3 is 2.69 bits per heavy atom. The highest BCUT2D eigenvalue weighted by Crippen LogP contribution is 2.33. The van der Waals surface area contributed by atoms with Crippen LogP contribution in [0.25, 0.3) is 10.6 Å². The molecule has 2 aromatic carbocycles. The molecule has 0 aliphatic carbocycles. The van der Waals surface area contributed by atoms with Crippen LogP contribution in [0.1, 0.15) is 20.9 Å². The summed E-state index contributed by atoms with van der Waals surface area (Å²) in [4.78, 5) is 20.1. The molecule has 1 aromatic heterocycles. The van der Waals surface area contributed by atoms with E-state index in [0.29, 0.717) is 19.5 Å². The molecule has 6 heteroatoms. The second kappa shape index (κ2) is 6.88. The summed E-state index contributed by atoms with van der Waals surface area (Å²) < 4.78 is 19.1. The summed E-state index contributed by atoms with van der Waals surface area (Å²) in [5.74, 6) is 0.0522. The maximum Gasteiger partial charge on any atom is 0.257 e. The quantitative estimate of drug-likeness (QED) is 0.697. The van der Waals surface area contributed by atoms with Crippen molar-refractivity contribution in [3.8, 4) is 16.3 Å². The zero-order valence-corrected chi connectivity index (χ0v) is 15.1. The molecule has 1 amide bonds. The highest BCUT2D eigenvalue weighted by atomic mass is 32.1. The topological polar surface area (TPSA) is 42.4 Å². The van der Waals surface area contributed by atoms with Crippen LogP contribution in [0.3, 0.4) is 0 Å². The highest BCUT2D eigenvalue weighted by molar-refractivity contribution is 7.15. The van der Waals surface area contributed by atoms with E-state index in [-0.39, 0.29) is 11.5 Å². The molecule has 0 saturated heterocycles. The van der Waals surface area contributed by atoms with Crippen LogP contribution in [-0.2, 0) is 13.0 Å². The van der Waals surface area contributed by atoms with Gasteiger partial charge in [0.05, 0.1) is 24.9 Å². The minimum atomic E-state index is -0.480. The minimum Gasteiger partial charge on any atom is -0.497 e. The molecule has 26 heavy (non-hydrogen) atoms. The average molecular weight is 368 g/mol. The lowest BCUT2D eigenvalue weighted by molar-refractivity contribution is 0.0731. The SMILES string of the molecule is COc1ccc(-c2nc3c(s2)CN(C(=O)c2ccccc2F)CC3)cc1. The Kier molecular flexibility index (Phi) is 4.42. The Morgan fingerprint density at radius 1 is 1.19 bits per heavy atom. The lowest BCUT2D eigenvalue weighted by Crippen LogP contribution is -2.35. The Labute approximate surface area is 154 Å². The van der Waals surface area contributed by atoms with Crippen molar-refractivity contribution in [1.29, 1.82) is 0 Å². The summed E-state index contributed by atoms with van der Waals surface area (Å²) in [5.41, 5.74) is 2.17. The molecule has 1 aliphatic heterocycles. The summed E-state index contributed by atoms with van der Waals surface area (Å²) in [7, 11) is 1.64. The second-order valence-corrected chi connectivity index (χ2v) is 7.16. The number of thiazole rings is 1. The van der Waals surface area contributed by atoms with Crippen molar-refractivity contribution in [3.63, 3.8) is 0 Å². The number of hydrogen-bond donors (Lipinski definition) is 0. The molecule has 0 N–H and O–H groups in total. The number of nitrogens with zero attached hydrogens (tertiary/aromatic N) is 2. The third kappa shape index (κ3) is 3.08. The minimum absolute atomic E-state index is 0.121. The molecule has 0 bridgehead atoms. The predicted molar refractivity (Wildman–Crippen MR) is 98.9 cm³/mol. The van der Waals surface area contributed by atoms with Gasteiger partial charge in [0.15, 0.2) is 0 Å². The van der Waals surface area contributed by atoms with Crippen molar-refractivity contribution < 1.29 is 13.9 Å². The smallest absolute Gasteiger partial charge is 0.257 e. The molecular formula is C20H17FN2O2S. The Bertz CT molecular complexity index is 953. The van der Waals surface area contributed by atoms with Gasteiger partial charge in [-0.3, -0.25) is 4.79 Å². The van der Waals surface area contributed by atoms with Gasteiger partial charge in [-0.1, -0.05) is 12.1 Å². The second-order valence-electron chi connectivity index (χ2n) is 6.07.